The summed E-state index contributed by atoms with van der Waals surface area (Å²) in [5.74, 6) is -0.0399. The zero-order valence-electron chi connectivity index (χ0n) is 17.2. The van der Waals surface area contributed by atoms with Gasteiger partial charge in [-0.15, -0.1) is 0 Å². The largest absolute Gasteiger partial charge is 0.497 e. The van der Waals surface area contributed by atoms with E-state index in [4.69, 9.17) is 21.1 Å². The average Bonchev–Trinajstić information content (AvgIpc) is 3.27. The molecule has 0 aliphatic carbocycles. The second-order valence-corrected chi connectivity index (χ2v) is 7.09. The van der Waals surface area contributed by atoms with Crippen LogP contribution in [-0.2, 0) is 0 Å². The molecular weight excluding hydrogens is 435 g/mol. The van der Waals surface area contributed by atoms with Crippen LogP contribution in [0.1, 0.15) is 10.5 Å². The maximum Gasteiger partial charge on any atom is 0.276 e. The van der Waals surface area contributed by atoms with Crippen molar-refractivity contribution in [3.63, 3.8) is 0 Å². The minimum Gasteiger partial charge on any atom is -0.497 e. The maximum absolute atomic E-state index is 13.4. The molecule has 2 aromatic carbocycles. The number of anilines is 1. The van der Waals surface area contributed by atoms with E-state index in [1.54, 1.807) is 53.5 Å². The molecule has 2 heterocycles. The molecule has 0 aliphatic rings. The van der Waals surface area contributed by atoms with Gasteiger partial charge in [0.05, 0.1) is 30.6 Å². The van der Waals surface area contributed by atoms with Gasteiger partial charge in [0.1, 0.15) is 23.0 Å². The van der Waals surface area contributed by atoms with Crippen LogP contribution < -0.4 is 14.8 Å². The van der Waals surface area contributed by atoms with Crippen molar-refractivity contribution < 1.29 is 18.7 Å². The first-order valence-corrected chi connectivity index (χ1v) is 9.87. The molecule has 4 aromatic rings. The maximum atomic E-state index is 13.4. The number of benzene rings is 2. The Hall–Kier alpha value is -3.91. The predicted octanol–water partition coefficient (Wildman–Crippen LogP) is 5.00. The molecule has 9 heteroatoms. The summed E-state index contributed by atoms with van der Waals surface area (Å²) in [4.78, 5) is 17.2. The van der Waals surface area contributed by atoms with Crippen molar-refractivity contribution in [3.8, 4) is 28.4 Å². The Morgan fingerprint density at radius 2 is 1.88 bits per heavy atom. The van der Waals surface area contributed by atoms with Crippen molar-refractivity contribution >= 4 is 23.2 Å². The second-order valence-electron chi connectivity index (χ2n) is 6.69. The van der Waals surface area contributed by atoms with Crippen LogP contribution in [0.3, 0.4) is 0 Å². The highest BCUT2D eigenvalue weighted by molar-refractivity contribution is 6.34. The molecule has 0 radical (unpaired) electrons. The third-order valence-electron chi connectivity index (χ3n) is 4.69. The fourth-order valence-corrected chi connectivity index (χ4v) is 3.37. The number of hydrogen-bond donors (Lipinski definition) is 1. The molecule has 0 aliphatic heterocycles. The fourth-order valence-electron chi connectivity index (χ4n) is 3.13. The number of ether oxygens (including phenoxy) is 2. The van der Waals surface area contributed by atoms with E-state index in [1.165, 1.54) is 26.4 Å². The average molecular weight is 453 g/mol. The van der Waals surface area contributed by atoms with Crippen molar-refractivity contribution in [3.05, 3.63) is 83.5 Å². The van der Waals surface area contributed by atoms with Crippen LogP contribution in [0.5, 0.6) is 11.5 Å². The molecule has 32 heavy (non-hydrogen) atoms. The van der Waals surface area contributed by atoms with Gasteiger partial charge in [-0.1, -0.05) is 11.6 Å². The molecule has 4 rings (SSSR count). The molecule has 0 fully saturated rings. The van der Waals surface area contributed by atoms with Crippen LogP contribution in [0.2, 0.25) is 5.02 Å². The highest BCUT2D eigenvalue weighted by Crippen LogP contribution is 2.37. The number of hydrogen-bond acceptors (Lipinski definition) is 5. The third kappa shape index (κ3) is 4.26. The lowest BCUT2D eigenvalue weighted by Gasteiger charge is -2.13. The van der Waals surface area contributed by atoms with Crippen LogP contribution in [-0.4, -0.2) is 34.9 Å². The van der Waals surface area contributed by atoms with Gasteiger partial charge in [0, 0.05) is 30.1 Å². The quantitative estimate of drug-likeness (QED) is 0.445. The standard InChI is InChI=1S/C23H18ClFN4O3/c1-31-17-10-18(24)22(21(11-17)32-2)27-23(30)19-12-20(14-4-3-9-26-13-14)29(28-19)16-7-5-15(25)6-8-16/h3-13H,1-2H3,(H,27,30). The summed E-state index contributed by atoms with van der Waals surface area (Å²) in [5, 5.41) is 7.44. The monoisotopic (exact) mass is 452 g/mol. The Labute approximate surface area is 188 Å². The van der Waals surface area contributed by atoms with Crippen molar-refractivity contribution in [2.24, 2.45) is 0 Å². The van der Waals surface area contributed by atoms with E-state index in [2.05, 4.69) is 15.4 Å². The molecule has 1 N–H and O–H groups in total. The van der Waals surface area contributed by atoms with Crippen molar-refractivity contribution in [2.75, 3.05) is 19.5 Å². The minimum atomic E-state index is -0.499. The predicted molar refractivity (Wildman–Crippen MR) is 119 cm³/mol. The highest BCUT2D eigenvalue weighted by atomic mass is 35.5. The van der Waals surface area contributed by atoms with Crippen LogP contribution in [0, 0.1) is 5.82 Å². The molecule has 0 spiro atoms. The summed E-state index contributed by atoms with van der Waals surface area (Å²) >= 11 is 6.32. The van der Waals surface area contributed by atoms with E-state index in [9.17, 15) is 9.18 Å². The van der Waals surface area contributed by atoms with Crippen LogP contribution in [0.4, 0.5) is 10.1 Å². The molecule has 0 saturated heterocycles. The summed E-state index contributed by atoms with van der Waals surface area (Å²) in [5.41, 5.74) is 2.36. The Kier molecular flexibility index (Phi) is 6.04. The fraction of sp³-hybridized carbons (Fsp3) is 0.0870. The van der Waals surface area contributed by atoms with Gasteiger partial charge in [-0.05, 0) is 42.5 Å². The summed E-state index contributed by atoms with van der Waals surface area (Å²) < 4.78 is 25.5. The molecule has 7 nitrogen and oxygen atoms in total. The Balaban J connectivity index is 1.75. The lowest BCUT2D eigenvalue weighted by Crippen LogP contribution is -2.14. The van der Waals surface area contributed by atoms with E-state index < -0.39 is 5.91 Å². The third-order valence-corrected chi connectivity index (χ3v) is 4.99. The Morgan fingerprint density at radius 3 is 2.53 bits per heavy atom. The number of halogens is 2. The van der Waals surface area contributed by atoms with Gasteiger partial charge in [-0.3, -0.25) is 9.78 Å². The zero-order chi connectivity index (χ0) is 22.7. The zero-order valence-corrected chi connectivity index (χ0v) is 17.9. The minimum absolute atomic E-state index is 0.127. The van der Waals surface area contributed by atoms with Crippen LogP contribution in [0.15, 0.2) is 67.0 Å². The molecular formula is C23H18ClFN4O3. The SMILES string of the molecule is COc1cc(Cl)c(NC(=O)c2cc(-c3cccnc3)n(-c3ccc(F)cc3)n2)c(OC)c1. The molecule has 2 aromatic heterocycles. The first-order chi connectivity index (χ1) is 15.5. The Morgan fingerprint density at radius 1 is 1.09 bits per heavy atom. The number of rotatable bonds is 6. The van der Waals surface area contributed by atoms with Crippen molar-refractivity contribution in [1.29, 1.82) is 0 Å². The molecule has 1 amide bonds. The second kappa shape index (κ2) is 9.07. The van der Waals surface area contributed by atoms with E-state index in [0.29, 0.717) is 28.6 Å². The normalized spacial score (nSPS) is 10.6. The van der Waals surface area contributed by atoms with Gasteiger partial charge in [0.2, 0.25) is 0 Å². The number of nitrogens with one attached hydrogen (secondary N) is 1. The topological polar surface area (TPSA) is 78.3 Å². The van der Waals surface area contributed by atoms with Gasteiger partial charge in [0.25, 0.3) is 5.91 Å². The van der Waals surface area contributed by atoms with Gasteiger partial charge in [-0.2, -0.15) is 5.10 Å². The van der Waals surface area contributed by atoms with E-state index in [1.807, 2.05) is 6.07 Å². The van der Waals surface area contributed by atoms with Gasteiger partial charge >= 0.3 is 0 Å². The van der Waals surface area contributed by atoms with Crippen molar-refractivity contribution in [1.82, 2.24) is 14.8 Å². The van der Waals surface area contributed by atoms with E-state index in [-0.39, 0.29) is 16.5 Å². The van der Waals surface area contributed by atoms with Crippen LogP contribution in [0.25, 0.3) is 16.9 Å². The first-order valence-electron chi connectivity index (χ1n) is 9.49. The smallest absolute Gasteiger partial charge is 0.276 e. The highest BCUT2D eigenvalue weighted by Gasteiger charge is 2.20. The first kappa shape index (κ1) is 21.3. The molecule has 0 atom stereocenters. The number of pyridine rings is 1. The van der Waals surface area contributed by atoms with Gasteiger partial charge in [0.15, 0.2) is 5.69 Å². The molecule has 162 valence electrons. The Bertz CT molecular complexity index is 1260. The van der Waals surface area contributed by atoms with E-state index >= 15 is 0 Å². The van der Waals surface area contributed by atoms with Gasteiger partial charge < -0.3 is 14.8 Å². The number of nitrogens with zero attached hydrogens (tertiary/aromatic N) is 3. The van der Waals surface area contributed by atoms with Gasteiger partial charge in [-0.25, -0.2) is 9.07 Å². The van der Waals surface area contributed by atoms with Crippen molar-refractivity contribution in [2.45, 2.75) is 0 Å². The lowest BCUT2D eigenvalue weighted by molar-refractivity contribution is 0.102. The number of amides is 1. The summed E-state index contributed by atoms with van der Waals surface area (Å²) in [6.07, 6.45) is 3.30. The summed E-state index contributed by atoms with van der Waals surface area (Å²) in [6.45, 7) is 0. The van der Waals surface area contributed by atoms with Crippen LogP contribution >= 0.6 is 11.6 Å². The number of carbonyl (C=O) groups excluding carboxylic acids is 1. The van der Waals surface area contributed by atoms with E-state index in [0.717, 1.165) is 5.56 Å². The summed E-state index contributed by atoms with van der Waals surface area (Å²) in [6, 6.07) is 14.2. The number of carbonyl (C=O) groups is 1. The number of methoxy groups -OCH3 is 2. The summed E-state index contributed by atoms with van der Waals surface area (Å²) in [7, 11) is 2.97. The lowest BCUT2D eigenvalue weighted by atomic mass is 10.2. The molecule has 0 saturated carbocycles. The number of aromatic nitrogens is 3. The molecule has 0 bridgehead atoms. The molecule has 0 unspecified atom stereocenters.